The number of nitrogens with zero attached hydrogens (tertiary/aromatic N) is 1. The minimum atomic E-state index is -3.05. The molecule has 0 saturated carbocycles. The zero-order valence-electron chi connectivity index (χ0n) is 34.6. The van der Waals surface area contributed by atoms with Crippen LogP contribution >= 0.6 is 11.8 Å². The molecule has 0 bridgehead atoms. The van der Waals surface area contributed by atoms with Crippen LogP contribution in [-0.2, 0) is 18.7 Å². The number of carbonyl (C=O) groups is 3. The lowest BCUT2D eigenvalue weighted by atomic mass is 9.85. The highest BCUT2D eigenvalue weighted by Gasteiger charge is 2.50. The molecule has 3 amide bonds. The Labute approximate surface area is 351 Å². The van der Waals surface area contributed by atoms with Crippen LogP contribution < -0.4 is 31.9 Å². The molecule has 0 unspecified atom stereocenters. The summed E-state index contributed by atoms with van der Waals surface area (Å²) < 4.78 is 18.0. The number of hydrogen-bond donors (Lipinski definition) is 3. The zero-order valence-corrected chi connectivity index (χ0v) is 36.5. The molecule has 0 saturated heterocycles. The van der Waals surface area contributed by atoms with E-state index in [0.717, 1.165) is 28.6 Å². The van der Waals surface area contributed by atoms with E-state index in [2.05, 4.69) is 55.3 Å². The Morgan fingerprint density at radius 1 is 0.780 bits per heavy atom. The average molecular weight is 835 g/mol. The number of rotatable bonds is 14. The number of nitrogens with one attached hydrogen (secondary N) is 2. The molecule has 0 fully saturated rings. The molecule has 2 atom stereocenters. The minimum Gasteiger partial charge on any atom is -0.452 e. The van der Waals surface area contributed by atoms with E-state index in [1.54, 1.807) is 26.8 Å². The van der Waals surface area contributed by atoms with E-state index < -0.39 is 55.6 Å². The van der Waals surface area contributed by atoms with Crippen LogP contribution in [0.1, 0.15) is 58.6 Å². The molecule has 0 aliphatic carbocycles. The van der Waals surface area contributed by atoms with Gasteiger partial charge in [-0.3, -0.25) is 9.59 Å². The first-order valence-electron chi connectivity index (χ1n) is 19.4. The van der Waals surface area contributed by atoms with Gasteiger partial charge in [-0.05, 0) is 53.4 Å². The van der Waals surface area contributed by atoms with Crippen LogP contribution in [0.3, 0.4) is 0 Å². The lowest BCUT2D eigenvalue weighted by Gasteiger charge is -2.43. The molecule has 11 nitrogen and oxygen atoms in total. The molecule has 0 spiro atoms. The Kier molecular flexibility index (Phi) is 14.8. The molecule has 5 rings (SSSR count). The second kappa shape index (κ2) is 19.5. The molecular formula is C46H54N4O7SSi. The molecule has 5 aromatic rings. The number of benzene rings is 4. The Morgan fingerprint density at radius 2 is 1.27 bits per heavy atom. The number of nitrogens with two attached hydrogens (primary N) is 1. The number of imide groups is 1. The Bertz CT molecular complexity index is 2130. The maximum atomic E-state index is 14.6. The molecule has 4 aromatic carbocycles. The summed E-state index contributed by atoms with van der Waals surface area (Å²) in [6.45, 7) is 11.9. The molecular weight excluding hydrogens is 781 g/mol. The van der Waals surface area contributed by atoms with Gasteiger partial charge in [-0.2, -0.15) is 0 Å². The van der Waals surface area contributed by atoms with Crippen LogP contribution in [0, 0.1) is 0 Å². The lowest BCUT2D eigenvalue weighted by molar-refractivity contribution is -0.119. The first-order valence-corrected chi connectivity index (χ1v) is 22.3. The van der Waals surface area contributed by atoms with Crippen molar-refractivity contribution in [3.05, 3.63) is 155 Å². The highest BCUT2D eigenvalue weighted by Crippen LogP contribution is 2.37. The Balaban J connectivity index is 1.53. The van der Waals surface area contributed by atoms with Crippen molar-refractivity contribution in [2.45, 2.75) is 75.1 Å². The summed E-state index contributed by atoms with van der Waals surface area (Å²) in [6.07, 6.45) is -0.298. The van der Waals surface area contributed by atoms with Crippen molar-refractivity contribution in [3.8, 4) is 0 Å². The number of anilines is 1. The fourth-order valence-corrected chi connectivity index (χ4v) is 12.8. The summed E-state index contributed by atoms with van der Waals surface area (Å²) in [5, 5.41) is 4.77. The second-order valence-electron chi connectivity index (χ2n) is 16.1. The van der Waals surface area contributed by atoms with Crippen molar-refractivity contribution in [1.29, 1.82) is 0 Å². The number of aromatic nitrogens is 1. The van der Waals surface area contributed by atoms with Gasteiger partial charge >= 0.3 is 12.2 Å². The first-order chi connectivity index (χ1) is 28.1. The Hall–Kier alpha value is -5.47. The average Bonchev–Trinajstić information content (AvgIpc) is 3.21. The van der Waals surface area contributed by atoms with Gasteiger partial charge in [0.25, 0.3) is 19.8 Å². The zero-order chi connectivity index (χ0) is 42.8. The lowest BCUT2D eigenvalue weighted by Crippen LogP contribution is -2.67. The van der Waals surface area contributed by atoms with E-state index in [4.69, 9.17) is 19.6 Å². The van der Waals surface area contributed by atoms with Gasteiger partial charge in [-0.15, -0.1) is 11.8 Å². The van der Waals surface area contributed by atoms with E-state index in [0.29, 0.717) is 4.90 Å². The summed E-state index contributed by atoms with van der Waals surface area (Å²) in [4.78, 5) is 59.0. The van der Waals surface area contributed by atoms with Crippen LogP contribution in [-0.4, -0.2) is 68.5 Å². The van der Waals surface area contributed by atoms with Gasteiger partial charge in [0.15, 0.2) is 0 Å². The summed E-state index contributed by atoms with van der Waals surface area (Å²) in [6, 6.07) is 38.4. The second-order valence-corrected chi connectivity index (χ2v) is 21.5. The molecule has 59 heavy (non-hydrogen) atoms. The number of aromatic amines is 1. The molecule has 1 aromatic heterocycles. The summed E-state index contributed by atoms with van der Waals surface area (Å²) in [5.41, 5.74) is 6.55. The number of H-pyrrole nitrogens is 1. The van der Waals surface area contributed by atoms with Crippen LogP contribution in [0.5, 0.6) is 0 Å². The number of ether oxygens (including phenoxy) is 2. The van der Waals surface area contributed by atoms with Gasteiger partial charge in [0, 0.05) is 22.8 Å². The van der Waals surface area contributed by atoms with Gasteiger partial charge in [0.05, 0.1) is 25.8 Å². The van der Waals surface area contributed by atoms with E-state index in [9.17, 15) is 19.2 Å². The van der Waals surface area contributed by atoms with Crippen LogP contribution in [0.25, 0.3) is 0 Å². The first kappa shape index (κ1) is 44.6. The Morgan fingerprint density at radius 3 is 1.73 bits per heavy atom. The molecule has 0 radical (unpaired) electrons. The molecule has 0 aliphatic rings. The maximum absolute atomic E-state index is 14.6. The number of alkyl carbamates (subject to hydrolysis) is 1. The van der Waals surface area contributed by atoms with E-state index in [1.165, 1.54) is 18.0 Å². The third kappa shape index (κ3) is 10.8. The van der Waals surface area contributed by atoms with E-state index in [1.807, 2.05) is 97.1 Å². The molecule has 1 heterocycles. The molecule has 4 N–H and O–H groups in total. The van der Waals surface area contributed by atoms with Gasteiger partial charge < -0.3 is 29.9 Å². The normalized spacial score (nSPS) is 13.0. The number of hydrogen-bond acceptors (Lipinski definition) is 9. The predicted octanol–water partition coefficient (Wildman–Crippen LogP) is 7.20. The number of pyridine rings is 1. The monoisotopic (exact) mass is 834 g/mol. The number of methoxy groups -OCH3 is 1. The van der Waals surface area contributed by atoms with Gasteiger partial charge in [0.2, 0.25) is 0 Å². The van der Waals surface area contributed by atoms with Gasteiger partial charge in [0.1, 0.15) is 11.3 Å². The van der Waals surface area contributed by atoms with Crippen molar-refractivity contribution in [3.63, 3.8) is 0 Å². The third-order valence-electron chi connectivity index (χ3n) is 9.74. The number of carbonyl (C=O) groups excluding carboxylic acids is 3. The maximum Gasteiger partial charge on any atom is 0.421 e. The van der Waals surface area contributed by atoms with Crippen molar-refractivity contribution in [1.82, 2.24) is 10.3 Å². The quantitative estimate of drug-likeness (QED) is 0.0780. The SMILES string of the molecule is COC(=O)N(C(=O)[C@@H](N)C(c1ccccc1)c1ccccc1)c1c(SC[C@@H](CO[Si](c2ccccc2)(c2ccccc2)C(C)(C)C)NC(=O)OC(C)(C)C)cc[nH]c1=O. The molecule has 13 heteroatoms. The van der Waals surface area contributed by atoms with E-state index in [-0.39, 0.29) is 28.0 Å². The van der Waals surface area contributed by atoms with Crippen molar-refractivity contribution in [2.24, 2.45) is 5.73 Å². The number of amides is 3. The van der Waals surface area contributed by atoms with Gasteiger partial charge in [-0.1, -0.05) is 142 Å². The summed E-state index contributed by atoms with van der Waals surface area (Å²) in [7, 11) is -1.92. The van der Waals surface area contributed by atoms with Gasteiger partial charge in [-0.25, -0.2) is 14.5 Å². The van der Waals surface area contributed by atoms with Crippen LogP contribution in [0.15, 0.2) is 143 Å². The molecule has 310 valence electrons. The van der Waals surface area contributed by atoms with Crippen molar-refractivity contribution < 1.29 is 28.3 Å². The predicted molar refractivity (Wildman–Crippen MR) is 237 cm³/mol. The highest BCUT2D eigenvalue weighted by molar-refractivity contribution is 7.99. The van der Waals surface area contributed by atoms with Crippen molar-refractivity contribution >= 4 is 54.2 Å². The summed E-state index contributed by atoms with van der Waals surface area (Å²) >= 11 is 1.17. The van der Waals surface area contributed by atoms with Crippen LogP contribution in [0.2, 0.25) is 5.04 Å². The van der Waals surface area contributed by atoms with Crippen LogP contribution in [0.4, 0.5) is 15.3 Å². The highest BCUT2D eigenvalue weighted by atomic mass is 32.2. The molecule has 0 aliphatic heterocycles. The fraction of sp³-hybridized carbons (Fsp3) is 0.304. The standard InChI is InChI=1S/C46H54N4O7SSi/c1-45(2,3)57-43(53)49-34(30-56-59(46(4,5)6,35-24-16-10-17-25-35)36-26-18-11-19-27-36)31-58-37-28-29-48-41(51)40(37)50(44(54)55-7)42(52)39(47)38(32-20-12-8-13-21-32)33-22-14-9-15-23-33/h8-29,34,38-39H,30-31,47H2,1-7H3,(H,48,51)(H,49,53)/t34-,39+/m1/s1. The number of thioether (sulfide) groups is 1. The van der Waals surface area contributed by atoms with E-state index >= 15 is 0 Å². The third-order valence-corrected chi connectivity index (χ3v) is 16.0. The smallest absolute Gasteiger partial charge is 0.421 e. The minimum absolute atomic E-state index is 0.0679. The summed E-state index contributed by atoms with van der Waals surface area (Å²) in [5.74, 6) is -1.36. The fourth-order valence-electron chi connectivity index (χ4n) is 7.17. The van der Waals surface area contributed by atoms with Crippen molar-refractivity contribution in [2.75, 3.05) is 24.4 Å². The largest absolute Gasteiger partial charge is 0.452 e. The topological polar surface area (TPSA) is 153 Å².